The van der Waals surface area contributed by atoms with Gasteiger partial charge in [-0.25, -0.2) is 15.3 Å². The van der Waals surface area contributed by atoms with E-state index in [4.69, 9.17) is 40.4 Å². The molecular formula is C30H31BGdN10O5+. The van der Waals surface area contributed by atoms with Gasteiger partial charge in [-0.3, -0.25) is 15.0 Å². The summed E-state index contributed by atoms with van der Waals surface area (Å²) in [7, 11) is -1.56. The number of rotatable bonds is 6. The van der Waals surface area contributed by atoms with Crippen molar-refractivity contribution in [2.45, 2.75) is 20.8 Å². The monoisotopic (exact) mass is 780 g/mol. The SMILES string of the molecule is CC#N.CC(=O)[O-].CC(=O)[O-].[Gd+3].[OH3+].c1ccc(-c2ccn([BH-](n3ccc(-c4ccccn4)n3)n3ccc(-c4ccccn4)n3)n2)nc1. The standard InChI is InChI=1S/C24H19BN9.C2H3N.2C2H4O2.Gd.H2O/c1-4-13-26-19(7-1)22-10-16-32(29-22)25(33-17-11-23(30-33)20-8-2-5-14-27-20)34-18-12-24(31-34)21-9-3-6-15-28-21;1-2-3;2*1-2(3)4;;/h1-18,25H;1H3;2*1H3,(H,3,4);;1H2/q-1;;;;+3;/p-1. The van der Waals surface area contributed by atoms with Gasteiger partial charge in [-0.15, -0.1) is 0 Å². The average Bonchev–Trinajstić information content (AvgIpc) is 3.81. The Balaban J connectivity index is 0.000000748. The van der Waals surface area contributed by atoms with Gasteiger partial charge in [0, 0.05) is 37.5 Å². The van der Waals surface area contributed by atoms with Gasteiger partial charge < -0.3 is 39.1 Å². The van der Waals surface area contributed by atoms with E-state index >= 15 is 0 Å². The van der Waals surface area contributed by atoms with Crippen LogP contribution >= 0.6 is 0 Å². The summed E-state index contributed by atoms with van der Waals surface area (Å²) < 4.78 is 5.69. The average molecular weight is 780 g/mol. The molecule has 17 heteroatoms. The summed E-state index contributed by atoms with van der Waals surface area (Å²) in [6.07, 6.45) is 11.1. The molecule has 241 valence electrons. The molecule has 0 fully saturated rings. The molecule has 0 saturated carbocycles. The van der Waals surface area contributed by atoms with Crippen molar-refractivity contribution in [1.82, 2.24) is 44.0 Å². The zero-order chi connectivity index (χ0) is 32.6. The van der Waals surface area contributed by atoms with Crippen molar-refractivity contribution in [3.63, 3.8) is 0 Å². The minimum Gasteiger partial charge on any atom is -0.550 e. The summed E-state index contributed by atoms with van der Waals surface area (Å²) in [6.45, 7) is 3.38. The van der Waals surface area contributed by atoms with Crippen molar-refractivity contribution in [1.29, 1.82) is 5.26 Å². The quantitative estimate of drug-likeness (QED) is 0.164. The zero-order valence-electron chi connectivity index (χ0n) is 25.6. The van der Waals surface area contributed by atoms with Crippen molar-refractivity contribution < 1.29 is 65.2 Å². The van der Waals surface area contributed by atoms with Gasteiger partial charge in [-0.1, -0.05) is 18.2 Å². The van der Waals surface area contributed by atoms with Crippen molar-refractivity contribution >= 4 is 19.1 Å². The predicted molar refractivity (Wildman–Crippen MR) is 167 cm³/mol. The van der Waals surface area contributed by atoms with Gasteiger partial charge in [0.2, 0.25) is 0 Å². The van der Waals surface area contributed by atoms with Crippen LogP contribution in [-0.2, 0) is 15.1 Å². The number of hydrogen-bond acceptors (Lipinski definition) is 11. The fraction of sp³-hybridized carbons (Fsp3) is 0.100. The van der Waals surface area contributed by atoms with E-state index in [0.717, 1.165) is 48.0 Å². The number of aliphatic carboxylic acids is 2. The maximum atomic E-state index is 8.89. The first-order chi connectivity index (χ1) is 21.7. The van der Waals surface area contributed by atoms with E-state index in [1.807, 2.05) is 105 Å². The van der Waals surface area contributed by atoms with Crippen LogP contribution in [0.3, 0.4) is 0 Å². The molecule has 0 aliphatic carbocycles. The van der Waals surface area contributed by atoms with Gasteiger partial charge in [-0.2, -0.15) is 5.26 Å². The van der Waals surface area contributed by atoms with E-state index in [2.05, 4.69) is 15.0 Å². The molecule has 6 aromatic rings. The van der Waals surface area contributed by atoms with Crippen LogP contribution < -0.4 is 10.2 Å². The van der Waals surface area contributed by atoms with Crippen LogP contribution in [-0.4, -0.2) is 63.1 Å². The number of pyridine rings is 3. The Morgan fingerprint density at radius 3 is 1.09 bits per heavy atom. The molecule has 0 saturated heterocycles. The molecule has 0 bridgehead atoms. The van der Waals surface area contributed by atoms with E-state index in [0.29, 0.717) is 0 Å². The van der Waals surface area contributed by atoms with Crippen molar-refractivity contribution in [3.05, 3.63) is 110 Å². The largest absolute Gasteiger partial charge is 3.00 e. The molecule has 6 rings (SSSR count). The van der Waals surface area contributed by atoms with Crippen LogP contribution in [0.15, 0.2) is 110 Å². The Morgan fingerprint density at radius 1 is 0.617 bits per heavy atom. The predicted octanol–water partition coefficient (Wildman–Crippen LogP) is 0.244. The van der Waals surface area contributed by atoms with Gasteiger partial charge in [0.05, 0.1) is 23.2 Å². The van der Waals surface area contributed by atoms with Crippen molar-refractivity contribution in [2.75, 3.05) is 0 Å². The molecule has 6 aromatic heterocycles. The first-order valence-corrected chi connectivity index (χ1v) is 13.5. The smallest absolute Gasteiger partial charge is 0.550 e. The molecule has 0 amide bonds. The normalized spacial score (nSPS) is 9.34. The molecule has 1 radical (unpaired) electrons. The first kappa shape index (κ1) is 39.9. The molecule has 15 nitrogen and oxygen atoms in total. The number of hydrogen-bond donors (Lipinski definition) is 0. The second-order valence-electron chi connectivity index (χ2n) is 9.00. The van der Waals surface area contributed by atoms with E-state index in [9.17, 15) is 0 Å². The summed E-state index contributed by atoms with van der Waals surface area (Å²) in [6, 6.07) is 24.9. The molecule has 0 aliphatic rings. The van der Waals surface area contributed by atoms with Crippen LogP contribution in [0.1, 0.15) is 20.8 Å². The van der Waals surface area contributed by atoms with E-state index in [1.54, 1.807) is 24.7 Å². The van der Waals surface area contributed by atoms with Gasteiger partial charge in [0.15, 0.2) is 0 Å². The molecule has 0 aromatic carbocycles. The Hall–Kier alpha value is -5.14. The third kappa shape index (κ3) is 12.6. The van der Waals surface area contributed by atoms with Gasteiger partial charge in [-0.05, 0) is 87.0 Å². The van der Waals surface area contributed by atoms with Gasteiger partial charge in [0.25, 0.3) is 0 Å². The van der Waals surface area contributed by atoms with E-state index in [1.165, 1.54) is 6.92 Å². The number of carbonyl (C=O) groups is 2. The third-order valence-corrected chi connectivity index (χ3v) is 5.57. The molecule has 3 N–H and O–H groups in total. The van der Waals surface area contributed by atoms with E-state index < -0.39 is 19.1 Å². The fourth-order valence-electron chi connectivity index (χ4n) is 3.96. The fourth-order valence-corrected chi connectivity index (χ4v) is 3.96. The van der Waals surface area contributed by atoms with Gasteiger partial charge in [0.1, 0.15) is 17.1 Å². The topological polar surface area (TPSA) is 229 Å². The minimum atomic E-state index is -1.56. The van der Waals surface area contributed by atoms with Crippen LogP contribution in [0, 0.1) is 51.3 Å². The number of nitriles is 1. The molecular weight excluding hydrogens is 748 g/mol. The summed E-state index contributed by atoms with van der Waals surface area (Å²) in [5.74, 6) is -2.17. The molecule has 0 spiro atoms. The first-order valence-electron chi connectivity index (χ1n) is 13.5. The number of carboxylic acid groups (broad SMARTS) is 2. The van der Waals surface area contributed by atoms with Crippen LogP contribution in [0.2, 0.25) is 0 Å². The van der Waals surface area contributed by atoms with Crippen LogP contribution in [0.25, 0.3) is 34.2 Å². The van der Waals surface area contributed by atoms with Crippen molar-refractivity contribution in [3.8, 4) is 40.2 Å². The summed E-state index contributed by atoms with van der Waals surface area (Å²) in [5.41, 5.74) is 4.78. The zero-order valence-corrected chi connectivity index (χ0v) is 27.9. The summed E-state index contributed by atoms with van der Waals surface area (Å²) >= 11 is 0. The molecule has 0 unspecified atom stereocenters. The maximum absolute atomic E-state index is 8.89. The summed E-state index contributed by atoms with van der Waals surface area (Å²) in [4.78, 5) is 31.1. The van der Waals surface area contributed by atoms with Crippen LogP contribution in [0.5, 0.6) is 0 Å². The number of aromatic nitrogens is 9. The second-order valence-corrected chi connectivity index (χ2v) is 9.00. The third-order valence-electron chi connectivity index (χ3n) is 5.57. The number of carboxylic acids is 2. The Bertz CT molecular complexity index is 1620. The Morgan fingerprint density at radius 2 is 0.872 bits per heavy atom. The minimum absolute atomic E-state index is 0. The molecule has 47 heavy (non-hydrogen) atoms. The summed E-state index contributed by atoms with van der Waals surface area (Å²) in [5, 5.41) is 39.6. The molecule has 0 aliphatic heterocycles. The molecule has 0 atom stereocenters. The van der Waals surface area contributed by atoms with E-state index in [-0.39, 0.29) is 45.4 Å². The van der Waals surface area contributed by atoms with Crippen LogP contribution in [0.4, 0.5) is 0 Å². The number of carbonyl (C=O) groups excluding carboxylic acids is 2. The van der Waals surface area contributed by atoms with Crippen molar-refractivity contribution in [2.24, 2.45) is 0 Å². The Labute approximate surface area is 302 Å². The Kier molecular flexibility index (Phi) is 17.7. The van der Waals surface area contributed by atoms with Gasteiger partial charge >= 0.3 is 47.1 Å². The number of nitrogens with zero attached hydrogens (tertiary/aromatic N) is 10. The second kappa shape index (κ2) is 20.8. The molecule has 6 heterocycles. The maximum Gasteiger partial charge on any atom is 3.00 e.